The van der Waals surface area contributed by atoms with Crippen LogP contribution in [0.2, 0.25) is 5.02 Å². The highest BCUT2D eigenvalue weighted by molar-refractivity contribution is 6.33. The second kappa shape index (κ2) is 8.06. The van der Waals surface area contributed by atoms with Crippen molar-refractivity contribution in [2.75, 3.05) is 31.6 Å². The van der Waals surface area contributed by atoms with E-state index in [0.29, 0.717) is 30.5 Å². The van der Waals surface area contributed by atoms with Gasteiger partial charge in [-0.05, 0) is 19.1 Å². The van der Waals surface area contributed by atoms with Gasteiger partial charge in [0.05, 0.1) is 23.9 Å². The molecule has 2 N–H and O–H groups in total. The normalized spacial score (nSPS) is 10.2. The Kier molecular flexibility index (Phi) is 6.62. The number of anilines is 1. The minimum absolute atomic E-state index is 0.116. The van der Waals surface area contributed by atoms with Gasteiger partial charge in [0, 0.05) is 13.2 Å². The highest BCUT2D eigenvalue weighted by Crippen LogP contribution is 2.19. The Balaban J connectivity index is 2.23. The van der Waals surface area contributed by atoms with Crippen LogP contribution in [0.25, 0.3) is 0 Å². The molecule has 0 aliphatic carbocycles. The van der Waals surface area contributed by atoms with E-state index in [1.165, 1.54) is 0 Å². The molecule has 0 aliphatic rings. The molecular formula is C12H17ClN2O2. The molecule has 0 saturated heterocycles. The van der Waals surface area contributed by atoms with Crippen molar-refractivity contribution in [2.45, 2.75) is 6.92 Å². The number of nitrogens with one attached hydrogen (secondary N) is 2. The predicted octanol–water partition coefficient (Wildman–Crippen LogP) is 1.90. The number of carbonyl (C=O) groups excluding carboxylic acids is 1. The average Bonchev–Trinajstić information content (AvgIpc) is 2.32. The lowest BCUT2D eigenvalue weighted by Gasteiger charge is -2.07. The Morgan fingerprint density at radius 2 is 2.18 bits per heavy atom. The molecule has 0 aliphatic heterocycles. The summed E-state index contributed by atoms with van der Waals surface area (Å²) in [6.07, 6.45) is 0. The number of benzene rings is 1. The lowest BCUT2D eigenvalue weighted by atomic mass is 10.3. The van der Waals surface area contributed by atoms with Crippen LogP contribution >= 0.6 is 11.6 Å². The monoisotopic (exact) mass is 256 g/mol. The molecule has 1 aromatic rings. The number of para-hydroxylation sites is 1. The Labute approximate surface area is 106 Å². The van der Waals surface area contributed by atoms with Gasteiger partial charge in [0.2, 0.25) is 5.91 Å². The third-order valence-electron chi connectivity index (χ3n) is 2.06. The average molecular weight is 257 g/mol. The second-order valence-corrected chi connectivity index (χ2v) is 3.81. The number of amides is 1. The van der Waals surface area contributed by atoms with Crippen molar-refractivity contribution < 1.29 is 9.53 Å². The molecule has 0 atom stereocenters. The third-order valence-corrected chi connectivity index (χ3v) is 2.39. The fraction of sp³-hybridized carbons (Fsp3) is 0.417. The number of rotatable bonds is 7. The van der Waals surface area contributed by atoms with E-state index in [4.69, 9.17) is 16.3 Å². The van der Waals surface area contributed by atoms with E-state index in [1.807, 2.05) is 19.1 Å². The summed E-state index contributed by atoms with van der Waals surface area (Å²) < 4.78 is 5.14. The zero-order valence-corrected chi connectivity index (χ0v) is 10.6. The fourth-order valence-electron chi connectivity index (χ4n) is 1.25. The maximum absolute atomic E-state index is 11.5. The molecule has 0 heterocycles. The standard InChI is InChI=1S/C12H17ClN2O2/c1-2-17-8-7-14-9-12(16)15-11-6-4-3-5-10(11)13/h3-6,14H,2,7-9H2,1H3,(H,15,16). The molecule has 0 bridgehead atoms. The Hall–Kier alpha value is -1.10. The van der Waals surface area contributed by atoms with Gasteiger partial charge in [0.15, 0.2) is 0 Å². The first-order valence-electron chi connectivity index (χ1n) is 5.57. The van der Waals surface area contributed by atoms with Crippen LogP contribution in [0, 0.1) is 0 Å². The van der Waals surface area contributed by atoms with Gasteiger partial charge in [-0.15, -0.1) is 0 Å². The van der Waals surface area contributed by atoms with Gasteiger partial charge in [-0.3, -0.25) is 4.79 Å². The zero-order chi connectivity index (χ0) is 12.5. The van der Waals surface area contributed by atoms with Crippen molar-refractivity contribution in [2.24, 2.45) is 0 Å². The summed E-state index contributed by atoms with van der Waals surface area (Å²) in [6.45, 7) is 4.13. The van der Waals surface area contributed by atoms with E-state index >= 15 is 0 Å². The topological polar surface area (TPSA) is 50.4 Å². The highest BCUT2D eigenvalue weighted by Gasteiger charge is 2.04. The smallest absolute Gasteiger partial charge is 0.238 e. The van der Waals surface area contributed by atoms with Crippen LogP contribution < -0.4 is 10.6 Å². The van der Waals surface area contributed by atoms with Crippen LogP contribution in [0.4, 0.5) is 5.69 Å². The van der Waals surface area contributed by atoms with Crippen molar-refractivity contribution >= 4 is 23.2 Å². The summed E-state index contributed by atoms with van der Waals surface area (Å²) in [5.74, 6) is -0.116. The summed E-state index contributed by atoms with van der Waals surface area (Å²) >= 11 is 5.92. The Morgan fingerprint density at radius 3 is 2.88 bits per heavy atom. The van der Waals surface area contributed by atoms with E-state index < -0.39 is 0 Å². The van der Waals surface area contributed by atoms with Gasteiger partial charge in [0.1, 0.15) is 0 Å². The first-order chi connectivity index (χ1) is 8.24. The Morgan fingerprint density at radius 1 is 1.41 bits per heavy atom. The van der Waals surface area contributed by atoms with Crippen molar-refractivity contribution in [1.82, 2.24) is 5.32 Å². The van der Waals surface area contributed by atoms with Crippen molar-refractivity contribution in [3.8, 4) is 0 Å². The van der Waals surface area contributed by atoms with Crippen LogP contribution in [-0.4, -0.2) is 32.2 Å². The summed E-state index contributed by atoms with van der Waals surface area (Å²) in [5.41, 5.74) is 0.630. The van der Waals surface area contributed by atoms with E-state index in [1.54, 1.807) is 12.1 Å². The fourth-order valence-corrected chi connectivity index (χ4v) is 1.43. The number of carbonyl (C=O) groups is 1. The minimum atomic E-state index is -0.116. The molecular weight excluding hydrogens is 240 g/mol. The molecule has 4 nitrogen and oxygen atoms in total. The molecule has 5 heteroatoms. The van der Waals surface area contributed by atoms with Crippen molar-refractivity contribution in [1.29, 1.82) is 0 Å². The summed E-state index contributed by atoms with van der Waals surface area (Å²) in [7, 11) is 0. The van der Waals surface area contributed by atoms with Crippen molar-refractivity contribution in [3.05, 3.63) is 29.3 Å². The summed E-state index contributed by atoms with van der Waals surface area (Å²) in [5, 5.41) is 6.24. The lowest BCUT2D eigenvalue weighted by molar-refractivity contribution is -0.115. The maximum atomic E-state index is 11.5. The van der Waals surface area contributed by atoms with Gasteiger partial charge >= 0.3 is 0 Å². The molecule has 0 unspecified atom stereocenters. The van der Waals surface area contributed by atoms with E-state index in [9.17, 15) is 4.79 Å². The molecule has 0 saturated carbocycles. The number of halogens is 1. The number of hydrogen-bond acceptors (Lipinski definition) is 3. The first-order valence-corrected chi connectivity index (χ1v) is 5.94. The molecule has 0 spiro atoms. The highest BCUT2D eigenvalue weighted by atomic mass is 35.5. The molecule has 0 radical (unpaired) electrons. The molecule has 17 heavy (non-hydrogen) atoms. The van der Waals surface area contributed by atoms with Crippen LogP contribution in [0.15, 0.2) is 24.3 Å². The molecule has 0 aromatic heterocycles. The second-order valence-electron chi connectivity index (χ2n) is 3.40. The SMILES string of the molecule is CCOCCNCC(=O)Nc1ccccc1Cl. The van der Waals surface area contributed by atoms with Gasteiger partial charge in [0.25, 0.3) is 0 Å². The lowest BCUT2D eigenvalue weighted by Crippen LogP contribution is -2.30. The zero-order valence-electron chi connectivity index (χ0n) is 9.83. The van der Waals surface area contributed by atoms with Crippen LogP contribution in [-0.2, 0) is 9.53 Å². The molecule has 0 fully saturated rings. The van der Waals surface area contributed by atoms with Gasteiger partial charge in [-0.1, -0.05) is 23.7 Å². The molecule has 94 valence electrons. The number of ether oxygens (including phenoxy) is 1. The van der Waals surface area contributed by atoms with E-state index in [2.05, 4.69) is 10.6 Å². The molecule has 1 aromatic carbocycles. The third kappa shape index (κ3) is 5.68. The van der Waals surface area contributed by atoms with E-state index in [-0.39, 0.29) is 12.5 Å². The quantitative estimate of drug-likeness (QED) is 0.733. The van der Waals surface area contributed by atoms with Crippen LogP contribution in [0.5, 0.6) is 0 Å². The molecule has 1 rings (SSSR count). The largest absolute Gasteiger partial charge is 0.380 e. The minimum Gasteiger partial charge on any atom is -0.380 e. The van der Waals surface area contributed by atoms with Gasteiger partial charge in [-0.25, -0.2) is 0 Å². The maximum Gasteiger partial charge on any atom is 0.238 e. The predicted molar refractivity (Wildman–Crippen MR) is 69.4 cm³/mol. The number of hydrogen-bond donors (Lipinski definition) is 2. The van der Waals surface area contributed by atoms with Gasteiger partial charge < -0.3 is 15.4 Å². The van der Waals surface area contributed by atoms with E-state index in [0.717, 1.165) is 0 Å². The first kappa shape index (κ1) is 14.0. The van der Waals surface area contributed by atoms with Gasteiger partial charge in [-0.2, -0.15) is 0 Å². The summed E-state index contributed by atoms with van der Waals surface area (Å²) in [6, 6.07) is 7.14. The van der Waals surface area contributed by atoms with Crippen LogP contribution in [0.1, 0.15) is 6.92 Å². The van der Waals surface area contributed by atoms with Crippen LogP contribution in [0.3, 0.4) is 0 Å². The summed E-state index contributed by atoms with van der Waals surface area (Å²) in [4.78, 5) is 11.5. The van der Waals surface area contributed by atoms with Crippen molar-refractivity contribution in [3.63, 3.8) is 0 Å². The Bertz CT molecular complexity index is 358. The molecule has 1 amide bonds.